The molecule has 6 nitrogen and oxygen atoms in total. The molecule has 0 heterocycles. The van der Waals surface area contributed by atoms with Gasteiger partial charge in [-0.3, -0.25) is 9.36 Å². The molecule has 1 atom stereocenters. The van der Waals surface area contributed by atoms with Gasteiger partial charge in [-0.1, -0.05) is 0 Å². The lowest BCUT2D eigenvalue weighted by Gasteiger charge is -2.18. The monoisotopic (exact) mass is 418 g/mol. The quantitative estimate of drug-likeness (QED) is 0.544. The molecule has 10 heteroatoms. The third-order valence-electron chi connectivity index (χ3n) is 3.65. The van der Waals surface area contributed by atoms with Gasteiger partial charge in [0.2, 0.25) is 0 Å². The van der Waals surface area contributed by atoms with Crippen LogP contribution in [0.25, 0.3) is 0 Å². The Morgan fingerprint density at radius 2 is 1.32 bits per heavy atom. The van der Waals surface area contributed by atoms with Crippen LogP contribution in [0.3, 0.4) is 0 Å². The van der Waals surface area contributed by atoms with Gasteiger partial charge in [0, 0.05) is 14.2 Å². The van der Waals surface area contributed by atoms with Crippen LogP contribution in [0.4, 0.5) is 13.2 Å². The summed E-state index contributed by atoms with van der Waals surface area (Å²) < 4.78 is 69.9. The van der Waals surface area contributed by atoms with Crippen LogP contribution in [0.5, 0.6) is 17.2 Å². The third-order valence-corrected chi connectivity index (χ3v) is 5.52. The lowest BCUT2D eigenvalue weighted by Crippen LogP contribution is -2.24. The Bertz CT molecular complexity index is 841. The maximum absolute atomic E-state index is 12.6. The summed E-state index contributed by atoms with van der Waals surface area (Å²) in [5.41, 5.74) is -1.60. The molecule has 1 unspecified atom stereocenters. The van der Waals surface area contributed by atoms with Crippen LogP contribution < -0.4 is 9.47 Å². The normalized spacial score (nSPS) is 13.1. The summed E-state index contributed by atoms with van der Waals surface area (Å²) in [6.07, 6.45) is -5.51. The van der Waals surface area contributed by atoms with Crippen molar-refractivity contribution in [1.82, 2.24) is 0 Å². The lowest BCUT2D eigenvalue weighted by molar-refractivity contribution is -0.137. The first kappa shape index (κ1) is 21.9. The Labute approximate surface area is 159 Å². The highest BCUT2D eigenvalue weighted by molar-refractivity contribution is 7.72. The van der Waals surface area contributed by atoms with E-state index in [4.69, 9.17) is 9.47 Å². The van der Waals surface area contributed by atoms with Crippen molar-refractivity contribution >= 4 is 13.1 Å². The van der Waals surface area contributed by atoms with Gasteiger partial charge in [-0.2, -0.15) is 13.2 Å². The van der Waals surface area contributed by atoms with Crippen molar-refractivity contribution in [3.8, 4) is 17.2 Å². The van der Waals surface area contributed by atoms with Crippen molar-refractivity contribution < 1.29 is 41.1 Å². The van der Waals surface area contributed by atoms with Crippen molar-refractivity contribution in [3.05, 3.63) is 54.1 Å². The van der Waals surface area contributed by atoms with E-state index in [1.54, 1.807) is 0 Å². The number of carbonyl (C=O) groups is 1. The zero-order chi connectivity index (χ0) is 20.9. The summed E-state index contributed by atoms with van der Waals surface area (Å²) in [4.78, 5) is 12.1. The van der Waals surface area contributed by atoms with Gasteiger partial charge in [0.1, 0.15) is 17.2 Å². The molecule has 0 N–H and O–H groups in total. The van der Waals surface area contributed by atoms with Gasteiger partial charge in [-0.25, -0.2) is 0 Å². The van der Waals surface area contributed by atoms with E-state index in [0.29, 0.717) is 11.5 Å². The Morgan fingerprint density at radius 1 is 0.893 bits per heavy atom. The van der Waals surface area contributed by atoms with E-state index in [1.165, 1.54) is 43.3 Å². The predicted octanol–water partition coefficient (Wildman–Crippen LogP) is 5.28. The molecule has 0 fully saturated rings. The summed E-state index contributed by atoms with van der Waals surface area (Å²) >= 11 is 0. The van der Waals surface area contributed by atoms with Crippen LogP contribution in [0.2, 0.25) is 0 Å². The zero-order valence-corrected chi connectivity index (χ0v) is 16.1. The maximum atomic E-state index is 12.6. The SMILES string of the molecule is COP(=O)(OC)C(=O)C(C)Oc1ccc(Oc2ccc(C(F)(F)F)cc2)cc1. The van der Waals surface area contributed by atoms with Crippen molar-refractivity contribution in [1.29, 1.82) is 0 Å². The van der Waals surface area contributed by atoms with Crippen LogP contribution in [0.15, 0.2) is 48.5 Å². The maximum Gasteiger partial charge on any atom is 0.416 e. The first-order valence-electron chi connectivity index (χ1n) is 7.97. The van der Waals surface area contributed by atoms with E-state index in [9.17, 15) is 22.5 Å². The molecular formula is C18H18F3O6P. The third kappa shape index (κ3) is 5.34. The van der Waals surface area contributed by atoms with Gasteiger partial charge in [0.05, 0.1) is 5.56 Å². The van der Waals surface area contributed by atoms with Gasteiger partial charge < -0.3 is 18.5 Å². The summed E-state index contributed by atoms with van der Waals surface area (Å²) in [7, 11) is -1.71. The predicted molar refractivity (Wildman–Crippen MR) is 94.7 cm³/mol. The first-order chi connectivity index (χ1) is 13.1. The number of alkyl halides is 3. The number of hydrogen-bond acceptors (Lipinski definition) is 6. The standard InChI is InChI=1S/C18H18F3O6P/c1-12(17(22)28(23,24-2)25-3)26-14-8-10-16(11-9-14)27-15-6-4-13(5-7-15)18(19,20)21/h4-12H,1-3H3. The molecule has 28 heavy (non-hydrogen) atoms. The Morgan fingerprint density at radius 3 is 1.75 bits per heavy atom. The van der Waals surface area contributed by atoms with Crippen molar-refractivity contribution in [3.63, 3.8) is 0 Å². The van der Waals surface area contributed by atoms with Gasteiger partial charge in [-0.15, -0.1) is 0 Å². The molecule has 2 rings (SSSR count). The van der Waals surface area contributed by atoms with E-state index in [0.717, 1.165) is 26.4 Å². The fourth-order valence-electron chi connectivity index (χ4n) is 2.17. The largest absolute Gasteiger partial charge is 0.482 e. The molecule has 0 radical (unpaired) electrons. The topological polar surface area (TPSA) is 71.1 Å². The summed E-state index contributed by atoms with van der Waals surface area (Å²) in [5, 5.41) is 0. The van der Waals surface area contributed by atoms with E-state index < -0.39 is 31.0 Å². The number of rotatable bonds is 8. The van der Waals surface area contributed by atoms with Crippen LogP contribution in [-0.4, -0.2) is 25.8 Å². The number of hydrogen-bond donors (Lipinski definition) is 0. The van der Waals surface area contributed by atoms with Crippen LogP contribution in [-0.2, 0) is 24.6 Å². The molecule has 2 aromatic rings. The van der Waals surface area contributed by atoms with Gasteiger partial charge >= 0.3 is 13.8 Å². The van der Waals surface area contributed by atoms with E-state index in [1.807, 2.05) is 0 Å². The second-order valence-corrected chi connectivity index (χ2v) is 7.72. The van der Waals surface area contributed by atoms with Crippen LogP contribution in [0, 0.1) is 0 Å². The molecule has 0 saturated carbocycles. The molecule has 0 aromatic heterocycles. The first-order valence-corrected chi connectivity index (χ1v) is 9.51. The summed E-state index contributed by atoms with van der Waals surface area (Å²) in [6, 6.07) is 10.3. The van der Waals surface area contributed by atoms with Crippen molar-refractivity contribution in [2.24, 2.45) is 0 Å². The van der Waals surface area contributed by atoms with Crippen molar-refractivity contribution in [2.75, 3.05) is 14.2 Å². The van der Waals surface area contributed by atoms with Crippen LogP contribution in [0.1, 0.15) is 12.5 Å². The molecular weight excluding hydrogens is 400 g/mol. The summed E-state index contributed by atoms with van der Waals surface area (Å²) in [5.74, 6) is 0.872. The highest BCUT2D eigenvalue weighted by Gasteiger charge is 2.37. The number of benzene rings is 2. The van der Waals surface area contributed by atoms with E-state index >= 15 is 0 Å². The molecule has 2 aromatic carbocycles. The smallest absolute Gasteiger partial charge is 0.416 e. The van der Waals surface area contributed by atoms with Gasteiger partial charge in [-0.05, 0) is 55.5 Å². The molecule has 0 saturated heterocycles. The minimum atomic E-state index is -4.42. The molecule has 0 spiro atoms. The van der Waals surface area contributed by atoms with E-state index in [-0.39, 0.29) is 5.75 Å². The second kappa shape index (κ2) is 8.77. The highest BCUT2D eigenvalue weighted by atomic mass is 31.2. The fourth-order valence-corrected chi connectivity index (χ4v) is 3.17. The average molecular weight is 418 g/mol. The molecule has 152 valence electrons. The Balaban J connectivity index is 2.01. The number of halogens is 3. The molecule has 0 aliphatic rings. The van der Waals surface area contributed by atoms with Crippen molar-refractivity contribution in [2.45, 2.75) is 19.2 Å². The van der Waals surface area contributed by atoms with Gasteiger partial charge in [0.15, 0.2) is 6.10 Å². The molecule has 0 aliphatic heterocycles. The average Bonchev–Trinajstić information content (AvgIpc) is 2.68. The summed E-state index contributed by atoms with van der Waals surface area (Å²) in [6.45, 7) is 1.40. The molecule has 0 bridgehead atoms. The molecule has 0 aliphatic carbocycles. The Hall–Kier alpha value is -2.35. The van der Waals surface area contributed by atoms with Gasteiger partial charge in [0.25, 0.3) is 5.52 Å². The number of carbonyl (C=O) groups excluding carboxylic acids is 1. The van der Waals surface area contributed by atoms with E-state index in [2.05, 4.69) is 9.05 Å². The zero-order valence-electron chi connectivity index (χ0n) is 15.2. The molecule has 0 amide bonds. The second-order valence-electron chi connectivity index (χ2n) is 5.56. The highest BCUT2D eigenvalue weighted by Crippen LogP contribution is 2.48. The minimum Gasteiger partial charge on any atom is -0.482 e. The van der Waals surface area contributed by atoms with Crippen LogP contribution >= 0.6 is 7.60 Å². The Kier molecular flexibility index (Phi) is 6.87. The minimum absolute atomic E-state index is 0.228. The number of ether oxygens (including phenoxy) is 2. The fraction of sp³-hybridized carbons (Fsp3) is 0.278. The lowest BCUT2D eigenvalue weighted by atomic mass is 10.2.